The lowest BCUT2D eigenvalue weighted by Gasteiger charge is -2.14. The number of fused-ring (bicyclic) bond motifs is 2. The van der Waals surface area contributed by atoms with E-state index in [1.807, 2.05) is 12.1 Å². The van der Waals surface area contributed by atoms with Crippen LogP contribution in [0.4, 0.5) is 5.69 Å². The van der Waals surface area contributed by atoms with Crippen LogP contribution in [-0.4, -0.2) is 43.9 Å². The lowest BCUT2D eigenvalue weighted by molar-refractivity contribution is -0.116. The van der Waals surface area contributed by atoms with E-state index in [9.17, 15) is 14.4 Å². The molecule has 0 atom stereocenters. The number of carbonyl (C=O) groups is 3. The van der Waals surface area contributed by atoms with E-state index in [0.29, 0.717) is 16.8 Å². The second-order valence-electron chi connectivity index (χ2n) is 7.77. The van der Waals surface area contributed by atoms with Crippen LogP contribution in [0.2, 0.25) is 0 Å². The number of hydrogen-bond acceptors (Lipinski definition) is 5. The summed E-state index contributed by atoms with van der Waals surface area (Å²) in [6, 6.07) is 13.9. The average molecular weight is 415 g/mol. The molecule has 0 aliphatic carbocycles. The Balaban J connectivity index is 1.27. The second kappa shape index (κ2) is 7.79. The Hall–Kier alpha value is -3.81. The molecule has 2 aliphatic rings. The van der Waals surface area contributed by atoms with E-state index in [1.54, 1.807) is 36.4 Å². The molecule has 2 aromatic carbocycles. The van der Waals surface area contributed by atoms with Crippen LogP contribution in [0, 0.1) is 0 Å². The largest absolute Gasteiger partial charge is 0.325 e. The van der Waals surface area contributed by atoms with Crippen LogP contribution in [0.1, 0.15) is 45.8 Å². The van der Waals surface area contributed by atoms with Gasteiger partial charge in [0.1, 0.15) is 12.4 Å². The van der Waals surface area contributed by atoms with Crippen LogP contribution in [0.5, 0.6) is 0 Å². The summed E-state index contributed by atoms with van der Waals surface area (Å²) in [6.45, 7) is 0.586. The van der Waals surface area contributed by atoms with Crippen molar-refractivity contribution in [3.63, 3.8) is 0 Å². The zero-order valence-electron chi connectivity index (χ0n) is 16.9. The van der Waals surface area contributed by atoms with Gasteiger partial charge in [-0.1, -0.05) is 18.6 Å². The van der Waals surface area contributed by atoms with Gasteiger partial charge in [-0.25, -0.2) is 0 Å². The van der Waals surface area contributed by atoms with Gasteiger partial charge < -0.3 is 9.88 Å². The maximum absolute atomic E-state index is 12.5. The molecular formula is C23H21N5O3. The van der Waals surface area contributed by atoms with Gasteiger partial charge in [0.05, 0.1) is 11.1 Å². The molecule has 5 rings (SSSR count). The van der Waals surface area contributed by atoms with Crippen molar-refractivity contribution in [2.75, 3.05) is 11.9 Å². The first-order valence-electron chi connectivity index (χ1n) is 10.4. The number of rotatable bonds is 4. The Kier molecular flexibility index (Phi) is 4.82. The molecule has 31 heavy (non-hydrogen) atoms. The third-order valence-electron chi connectivity index (χ3n) is 5.72. The van der Waals surface area contributed by atoms with Crippen molar-refractivity contribution >= 4 is 23.4 Å². The molecule has 8 heteroatoms. The molecule has 8 nitrogen and oxygen atoms in total. The number of nitrogens with zero attached hydrogens (tertiary/aromatic N) is 4. The predicted molar refractivity (Wildman–Crippen MR) is 113 cm³/mol. The molecule has 3 aromatic rings. The molecule has 156 valence electrons. The van der Waals surface area contributed by atoms with Gasteiger partial charge in [-0.15, -0.1) is 10.2 Å². The third kappa shape index (κ3) is 3.50. The number of amides is 3. The van der Waals surface area contributed by atoms with E-state index in [0.717, 1.165) is 47.9 Å². The molecule has 0 fully saturated rings. The van der Waals surface area contributed by atoms with Crippen LogP contribution < -0.4 is 5.32 Å². The summed E-state index contributed by atoms with van der Waals surface area (Å²) in [4.78, 5) is 38.3. The maximum Gasteiger partial charge on any atom is 0.262 e. The molecule has 3 heterocycles. The highest BCUT2D eigenvalue weighted by molar-refractivity contribution is 6.22. The Labute approximate surface area is 178 Å². The summed E-state index contributed by atoms with van der Waals surface area (Å²) in [5, 5.41) is 11.4. The lowest BCUT2D eigenvalue weighted by Crippen LogP contribution is -2.37. The molecule has 0 radical (unpaired) electrons. The first-order valence-corrected chi connectivity index (χ1v) is 10.4. The van der Waals surface area contributed by atoms with E-state index >= 15 is 0 Å². The van der Waals surface area contributed by atoms with Crippen LogP contribution in [0.3, 0.4) is 0 Å². The molecule has 0 unspecified atom stereocenters. The zero-order chi connectivity index (χ0) is 21.4. The normalized spacial score (nSPS) is 15.4. The van der Waals surface area contributed by atoms with Crippen LogP contribution in [0.25, 0.3) is 11.4 Å². The number of anilines is 1. The van der Waals surface area contributed by atoms with Crippen molar-refractivity contribution in [3.05, 3.63) is 65.5 Å². The van der Waals surface area contributed by atoms with Crippen molar-refractivity contribution < 1.29 is 14.4 Å². The zero-order valence-corrected chi connectivity index (χ0v) is 16.9. The van der Waals surface area contributed by atoms with Gasteiger partial charge in [-0.05, 0) is 49.2 Å². The average Bonchev–Trinajstić information content (AvgIpc) is 3.18. The minimum atomic E-state index is -0.446. The number of carbonyl (C=O) groups excluding carboxylic acids is 3. The monoisotopic (exact) mass is 415 g/mol. The van der Waals surface area contributed by atoms with Crippen molar-refractivity contribution in [1.29, 1.82) is 0 Å². The fraction of sp³-hybridized carbons (Fsp3) is 0.261. The summed E-state index contributed by atoms with van der Waals surface area (Å²) < 4.78 is 2.17. The topological polar surface area (TPSA) is 97.2 Å². The van der Waals surface area contributed by atoms with Gasteiger partial charge in [0.25, 0.3) is 11.8 Å². The van der Waals surface area contributed by atoms with Crippen LogP contribution in [0.15, 0.2) is 48.5 Å². The van der Waals surface area contributed by atoms with Gasteiger partial charge in [0, 0.05) is 24.2 Å². The van der Waals surface area contributed by atoms with Gasteiger partial charge in [0.2, 0.25) is 5.91 Å². The van der Waals surface area contributed by atoms with Gasteiger partial charge in [-0.3, -0.25) is 19.3 Å². The first-order chi connectivity index (χ1) is 15.1. The van der Waals surface area contributed by atoms with Gasteiger partial charge in [0.15, 0.2) is 5.82 Å². The highest BCUT2D eigenvalue weighted by atomic mass is 16.2. The summed E-state index contributed by atoms with van der Waals surface area (Å²) >= 11 is 0. The second-order valence-corrected chi connectivity index (χ2v) is 7.77. The van der Waals surface area contributed by atoms with Gasteiger partial charge >= 0.3 is 0 Å². The van der Waals surface area contributed by atoms with E-state index in [1.165, 1.54) is 6.42 Å². The lowest BCUT2D eigenvalue weighted by atomic mass is 10.1. The fourth-order valence-electron chi connectivity index (χ4n) is 4.13. The van der Waals surface area contributed by atoms with E-state index in [-0.39, 0.29) is 6.54 Å². The third-order valence-corrected chi connectivity index (χ3v) is 5.72. The highest BCUT2D eigenvalue weighted by Gasteiger charge is 2.36. The summed E-state index contributed by atoms with van der Waals surface area (Å²) in [7, 11) is 0. The number of aromatic nitrogens is 3. The first kappa shape index (κ1) is 19.2. The Bertz CT molecular complexity index is 1150. The Morgan fingerprint density at radius 2 is 1.61 bits per heavy atom. The molecule has 2 aliphatic heterocycles. The Morgan fingerprint density at radius 3 is 2.32 bits per heavy atom. The standard InChI is InChI=1S/C23H21N5O3/c29-20(14-28-22(30)17-6-3-4-7-18(17)23(28)31)24-16-11-9-15(10-12-16)21-26-25-19-8-2-1-5-13-27(19)21/h3-4,6-7,9-12H,1-2,5,8,13-14H2,(H,24,29). The molecule has 0 saturated heterocycles. The fourth-order valence-corrected chi connectivity index (χ4v) is 4.13. The smallest absolute Gasteiger partial charge is 0.262 e. The van der Waals surface area contributed by atoms with Crippen molar-refractivity contribution in [3.8, 4) is 11.4 Å². The van der Waals surface area contributed by atoms with Gasteiger partial charge in [-0.2, -0.15) is 0 Å². The molecule has 1 N–H and O–H groups in total. The molecule has 0 spiro atoms. The number of imide groups is 1. The minimum absolute atomic E-state index is 0.328. The maximum atomic E-state index is 12.5. The molecule has 0 saturated carbocycles. The number of benzene rings is 2. The van der Waals surface area contributed by atoms with Crippen molar-refractivity contribution in [1.82, 2.24) is 19.7 Å². The number of nitrogens with one attached hydrogen (secondary N) is 1. The van der Waals surface area contributed by atoms with E-state index in [4.69, 9.17) is 0 Å². The van der Waals surface area contributed by atoms with E-state index in [2.05, 4.69) is 20.1 Å². The summed E-state index contributed by atoms with van der Waals surface area (Å²) in [5.74, 6) is 0.530. The number of hydrogen-bond donors (Lipinski definition) is 1. The summed E-state index contributed by atoms with van der Waals surface area (Å²) in [6.07, 6.45) is 4.39. The Morgan fingerprint density at radius 1 is 0.903 bits per heavy atom. The van der Waals surface area contributed by atoms with Crippen LogP contribution in [-0.2, 0) is 17.8 Å². The van der Waals surface area contributed by atoms with Crippen molar-refractivity contribution in [2.24, 2.45) is 0 Å². The quantitative estimate of drug-likeness (QED) is 0.661. The predicted octanol–water partition coefficient (Wildman–Crippen LogP) is 2.91. The molecule has 1 aromatic heterocycles. The molecule has 3 amide bonds. The minimum Gasteiger partial charge on any atom is -0.325 e. The molecule has 0 bridgehead atoms. The van der Waals surface area contributed by atoms with Crippen molar-refractivity contribution in [2.45, 2.75) is 32.2 Å². The highest BCUT2D eigenvalue weighted by Crippen LogP contribution is 2.25. The van der Waals surface area contributed by atoms with E-state index < -0.39 is 17.7 Å². The number of aryl methyl sites for hydroxylation is 1. The molecular weight excluding hydrogens is 394 g/mol. The van der Waals surface area contributed by atoms with Crippen LogP contribution >= 0.6 is 0 Å². The summed E-state index contributed by atoms with van der Waals surface area (Å²) in [5.41, 5.74) is 2.18. The SMILES string of the molecule is O=C(CN1C(=O)c2ccccc2C1=O)Nc1ccc(-c2nnc3n2CCCCC3)cc1.